The maximum absolute atomic E-state index is 4.49. The van der Waals surface area contributed by atoms with Gasteiger partial charge in [-0.15, -0.1) is 0 Å². The molecule has 0 atom stereocenters. The topological polar surface area (TPSA) is 12.4 Å². The second-order valence-corrected chi connectivity index (χ2v) is 3.54. The van der Waals surface area contributed by atoms with Crippen molar-refractivity contribution in [2.45, 2.75) is 67.7 Å². The molecule has 2 rings (SSSR count). The molecule has 18 heavy (non-hydrogen) atoms. The van der Waals surface area contributed by atoms with Crippen LogP contribution in [-0.2, 0) is 6.42 Å². The lowest BCUT2D eigenvalue weighted by Gasteiger charge is -1.92. The maximum Gasteiger partial charge on any atom is 0.0664 e. The molecule has 1 heteroatoms. The number of rotatable bonds is 1. The number of benzene rings is 1. The lowest BCUT2D eigenvalue weighted by molar-refractivity contribution is 1.09. The average Bonchev–Trinajstić information content (AvgIpc) is 2.87. The quantitative estimate of drug-likeness (QED) is 0.562. The zero-order valence-electron chi connectivity index (χ0n) is 13.4. The second-order valence-electron chi connectivity index (χ2n) is 3.54. The predicted octanol–water partition coefficient (Wildman–Crippen LogP) is 6.19. The largest absolute Gasteiger partial charge is 0.257 e. The summed E-state index contributed by atoms with van der Waals surface area (Å²) in [7, 11) is 0. The highest BCUT2D eigenvalue weighted by atomic mass is 14.8. The van der Waals surface area contributed by atoms with E-state index in [1.165, 1.54) is 23.4 Å². The van der Waals surface area contributed by atoms with E-state index < -0.39 is 0 Å². The molecule has 0 N–H and O–H groups in total. The van der Waals surface area contributed by atoms with Crippen LogP contribution in [0.5, 0.6) is 0 Å². The third kappa shape index (κ3) is 7.26. The van der Waals surface area contributed by atoms with Crippen LogP contribution in [-0.4, -0.2) is 5.71 Å². The van der Waals surface area contributed by atoms with Crippen molar-refractivity contribution in [1.29, 1.82) is 0 Å². The molecule has 1 aromatic rings. The van der Waals surface area contributed by atoms with Crippen molar-refractivity contribution in [2.24, 2.45) is 4.99 Å². The van der Waals surface area contributed by atoms with Gasteiger partial charge in [0.15, 0.2) is 0 Å². The van der Waals surface area contributed by atoms with Gasteiger partial charge >= 0.3 is 0 Å². The Kier molecular flexibility index (Phi) is 14.9. The molecular weight excluding hydrogens is 218 g/mol. The van der Waals surface area contributed by atoms with Gasteiger partial charge in [-0.2, -0.15) is 0 Å². The Hall–Kier alpha value is -1.11. The van der Waals surface area contributed by atoms with E-state index in [0.29, 0.717) is 0 Å². The van der Waals surface area contributed by atoms with Crippen LogP contribution in [0.3, 0.4) is 0 Å². The zero-order chi connectivity index (χ0) is 14.4. The summed E-state index contributed by atoms with van der Waals surface area (Å²) in [5.41, 5.74) is 3.86. The summed E-state index contributed by atoms with van der Waals surface area (Å²) in [6, 6.07) is 8.35. The minimum atomic E-state index is 1.06. The summed E-state index contributed by atoms with van der Waals surface area (Å²) in [6.07, 6.45) is 3.39. The van der Waals surface area contributed by atoms with Crippen LogP contribution in [0.4, 0.5) is 5.69 Å². The second kappa shape index (κ2) is 14.0. The fraction of sp³-hybridized carbons (Fsp3) is 0.588. The van der Waals surface area contributed by atoms with Gasteiger partial charge in [-0.25, -0.2) is 0 Å². The van der Waals surface area contributed by atoms with Gasteiger partial charge in [0.25, 0.3) is 0 Å². The molecule has 1 aromatic carbocycles. The normalized spacial score (nSPS) is 10.5. The van der Waals surface area contributed by atoms with E-state index in [9.17, 15) is 0 Å². The fourth-order valence-corrected chi connectivity index (χ4v) is 1.40. The minimum Gasteiger partial charge on any atom is -0.257 e. The fourth-order valence-electron chi connectivity index (χ4n) is 1.40. The molecule has 0 fully saturated rings. The Morgan fingerprint density at radius 1 is 0.944 bits per heavy atom. The Labute approximate surface area is 114 Å². The Bertz CT molecular complexity index is 313. The van der Waals surface area contributed by atoms with Gasteiger partial charge in [0.2, 0.25) is 0 Å². The van der Waals surface area contributed by atoms with E-state index in [1.807, 2.05) is 33.8 Å². The predicted molar refractivity (Wildman–Crippen MR) is 86.2 cm³/mol. The number of para-hydroxylation sites is 1. The summed E-state index contributed by atoms with van der Waals surface area (Å²) in [4.78, 5) is 4.49. The van der Waals surface area contributed by atoms with E-state index in [-0.39, 0.29) is 0 Å². The van der Waals surface area contributed by atoms with Crippen molar-refractivity contribution in [3.63, 3.8) is 0 Å². The van der Waals surface area contributed by atoms with Gasteiger partial charge in [-0.3, -0.25) is 4.99 Å². The Morgan fingerprint density at radius 2 is 1.44 bits per heavy atom. The summed E-state index contributed by atoms with van der Waals surface area (Å²) in [5.74, 6) is 0. The summed E-state index contributed by atoms with van der Waals surface area (Å²) in [5, 5.41) is 0. The van der Waals surface area contributed by atoms with Gasteiger partial charge in [0, 0.05) is 12.1 Å². The molecule has 0 saturated heterocycles. The molecule has 0 aliphatic carbocycles. The molecule has 0 spiro atoms. The first-order valence-corrected chi connectivity index (χ1v) is 7.46. The van der Waals surface area contributed by atoms with Crippen molar-refractivity contribution in [3.05, 3.63) is 29.8 Å². The van der Waals surface area contributed by atoms with E-state index in [2.05, 4.69) is 44.0 Å². The summed E-state index contributed by atoms with van der Waals surface area (Å²) < 4.78 is 0. The van der Waals surface area contributed by atoms with E-state index in [1.54, 1.807) is 0 Å². The highest BCUT2D eigenvalue weighted by Gasteiger charge is 2.10. The summed E-state index contributed by atoms with van der Waals surface area (Å²) >= 11 is 0. The molecular formula is C17H31N. The highest BCUT2D eigenvalue weighted by Crippen LogP contribution is 2.26. The molecule has 0 saturated carbocycles. The van der Waals surface area contributed by atoms with Gasteiger partial charge in [-0.1, -0.05) is 73.1 Å². The molecule has 104 valence electrons. The van der Waals surface area contributed by atoms with Crippen molar-refractivity contribution in [1.82, 2.24) is 0 Å². The minimum absolute atomic E-state index is 1.06. The third-order valence-corrected chi connectivity index (χ3v) is 2.07. The highest BCUT2D eigenvalue weighted by molar-refractivity contribution is 5.93. The third-order valence-electron chi connectivity index (χ3n) is 2.07. The molecule has 1 aliphatic rings. The number of aliphatic imine (C=N–C) groups is 1. The summed E-state index contributed by atoms with van der Waals surface area (Å²) in [6.45, 7) is 14.4. The van der Waals surface area contributed by atoms with E-state index >= 15 is 0 Å². The van der Waals surface area contributed by atoms with E-state index in [0.717, 1.165) is 12.8 Å². The average molecular weight is 249 g/mol. The van der Waals surface area contributed by atoms with Crippen LogP contribution in [0.15, 0.2) is 29.3 Å². The molecule has 1 aliphatic heterocycles. The maximum atomic E-state index is 4.49. The van der Waals surface area contributed by atoms with E-state index in [4.69, 9.17) is 0 Å². The first kappa shape index (κ1) is 19.2. The van der Waals surface area contributed by atoms with Gasteiger partial charge < -0.3 is 0 Å². The first-order chi connectivity index (χ1) is 8.81. The van der Waals surface area contributed by atoms with Gasteiger partial charge in [0.1, 0.15) is 0 Å². The van der Waals surface area contributed by atoms with Crippen LogP contribution in [0.2, 0.25) is 0 Å². The molecule has 0 bridgehead atoms. The monoisotopic (exact) mass is 249 g/mol. The van der Waals surface area contributed by atoms with Crippen LogP contribution >= 0.6 is 0 Å². The lowest BCUT2D eigenvalue weighted by atomic mass is 10.1. The van der Waals surface area contributed by atoms with Gasteiger partial charge in [-0.05, 0) is 18.1 Å². The van der Waals surface area contributed by atoms with Crippen LogP contribution in [0.25, 0.3) is 0 Å². The molecule has 0 radical (unpaired) electrons. The number of hydrogen-bond acceptors (Lipinski definition) is 1. The van der Waals surface area contributed by atoms with Crippen molar-refractivity contribution in [2.75, 3.05) is 0 Å². The number of nitrogens with zero attached hydrogens (tertiary/aromatic N) is 1. The number of hydrogen-bond donors (Lipinski definition) is 0. The molecule has 0 unspecified atom stereocenters. The molecule has 0 aromatic heterocycles. The van der Waals surface area contributed by atoms with Crippen LogP contribution < -0.4 is 0 Å². The SMILES string of the molecule is CC.CC.CCC.CCC1=Nc2ccccc2C1. The molecule has 1 nitrogen and oxygen atoms in total. The van der Waals surface area contributed by atoms with Gasteiger partial charge in [0.05, 0.1) is 5.69 Å². The lowest BCUT2D eigenvalue weighted by Crippen LogP contribution is -1.93. The standard InChI is InChI=1S/C10H11N.C3H8.2C2H6/c1-2-9-7-8-5-3-4-6-10(8)11-9;1-3-2;2*1-2/h3-6H,2,7H2,1H3;3H2,1-2H3;2*1-2H3. The van der Waals surface area contributed by atoms with Crippen LogP contribution in [0.1, 0.15) is 66.9 Å². The first-order valence-electron chi connectivity index (χ1n) is 7.46. The zero-order valence-corrected chi connectivity index (χ0v) is 13.4. The molecule has 1 heterocycles. The number of fused-ring (bicyclic) bond motifs is 1. The van der Waals surface area contributed by atoms with Crippen molar-refractivity contribution in [3.8, 4) is 0 Å². The van der Waals surface area contributed by atoms with Crippen LogP contribution in [0, 0.1) is 0 Å². The Balaban J connectivity index is 0. The van der Waals surface area contributed by atoms with Crippen molar-refractivity contribution < 1.29 is 0 Å². The van der Waals surface area contributed by atoms with Crippen molar-refractivity contribution >= 4 is 11.4 Å². The molecule has 0 amide bonds. The Morgan fingerprint density at radius 3 is 1.89 bits per heavy atom. The smallest absolute Gasteiger partial charge is 0.0664 e.